The number of aryl methyl sites for hydroxylation is 3. The Labute approximate surface area is 116 Å². The van der Waals surface area contributed by atoms with Gasteiger partial charge >= 0.3 is 0 Å². The molecule has 1 aliphatic rings. The van der Waals surface area contributed by atoms with E-state index in [0.717, 1.165) is 4.99 Å². The standard InChI is InChI=1S/C16H23NS/c1-11-9-12(2)15(13(3)10-11)16(18)17-14-7-5-4-6-8-14/h9-10,14H,4-8H2,1-3H3,(H,17,18). The molecule has 0 bridgehead atoms. The van der Waals surface area contributed by atoms with Gasteiger partial charge in [-0.25, -0.2) is 0 Å². The third kappa shape index (κ3) is 3.11. The first-order chi connectivity index (χ1) is 8.58. The lowest BCUT2D eigenvalue weighted by Crippen LogP contribution is -2.36. The SMILES string of the molecule is Cc1cc(C)c(C(=S)NC2CCCCC2)c(C)c1. The zero-order chi connectivity index (χ0) is 13.1. The lowest BCUT2D eigenvalue weighted by Gasteiger charge is -2.25. The number of benzene rings is 1. The van der Waals surface area contributed by atoms with Gasteiger partial charge in [0.1, 0.15) is 4.99 Å². The van der Waals surface area contributed by atoms with Gasteiger partial charge in [-0.15, -0.1) is 0 Å². The van der Waals surface area contributed by atoms with E-state index in [4.69, 9.17) is 12.2 Å². The van der Waals surface area contributed by atoms with Crippen LogP contribution in [0.25, 0.3) is 0 Å². The molecule has 1 saturated carbocycles. The highest BCUT2D eigenvalue weighted by Gasteiger charge is 2.16. The van der Waals surface area contributed by atoms with E-state index in [2.05, 4.69) is 38.2 Å². The van der Waals surface area contributed by atoms with Gasteiger partial charge in [0.15, 0.2) is 0 Å². The van der Waals surface area contributed by atoms with Gasteiger partial charge < -0.3 is 5.32 Å². The largest absolute Gasteiger partial charge is 0.373 e. The third-order valence-electron chi connectivity index (χ3n) is 3.84. The maximum Gasteiger partial charge on any atom is 0.107 e. The quantitative estimate of drug-likeness (QED) is 0.800. The molecule has 0 unspecified atom stereocenters. The summed E-state index contributed by atoms with van der Waals surface area (Å²) in [7, 11) is 0. The summed E-state index contributed by atoms with van der Waals surface area (Å²) in [5.41, 5.74) is 5.14. The minimum absolute atomic E-state index is 0.589. The van der Waals surface area contributed by atoms with Crippen LogP contribution in [0.4, 0.5) is 0 Å². The number of nitrogens with one attached hydrogen (secondary N) is 1. The molecule has 1 aromatic rings. The summed E-state index contributed by atoms with van der Waals surface area (Å²) < 4.78 is 0. The second-order valence-corrected chi connectivity index (χ2v) is 5.99. The number of thiocarbonyl (C=S) groups is 1. The van der Waals surface area contributed by atoms with Crippen molar-refractivity contribution in [3.05, 3.63) is 34.4 Å². The van der Waals surface area contributed by atoms with Gasteiger partial charge in [-0.3, -0.25) is 0 Å². The zero-order valence-corrected chi connectivity index (χ0v) is 12.5. The molecule has 18 heavy (non-hydrogen) atoms. The van der Waals surface area contributed by atoms with Crippen LogP contribution >= 0.6 is 12.2 Å². The van der Waals surface area contributed by atoms with Crippen LogP contribution in [0.1, 0.15) is 54.4 Å². The topological polar surface area (TPSA) is 12.0 Å². The predicted octanol–water partition coefficient (Wildman–Crippen LogP) is 4.21. The van der Waals surface area contributed by atoms with E-state index in [-0.39, 0.29) is 0 Å². The van der Waals surface area contributed by atoms with Crippen LogP contribution in [0.3, 0.4) is 0 Å². The summed E-state index contributed by atoms with van der Waals surface area (Å²) in [4.78, 5) is 0.942. The first-order valence-electron chi connectivity index (χ1n) is 6.96. The van der Waals surface area contributed by atoms with Gasteiger partial charge in [0.25, 0.3) is 0 Å². The summed E-state index contributed by atoms with van der Waals surface area (Å²) in [6.45, 7) is 6.45. The van der Waals surface area contributed by atoms with E-state index in [0.29, 0.717) is 6.04 Å². The molecule has 1 fully saturated rings. The lowest BCUT2D eigenvalue weighted by molar-refractivity contribution is 0.415. The average Bonchev–Trinajstić information content (AvgIpc) is 2.28. The van der Waals surface area contributed by atoms with E-state index in [1.54, 1.807) is 0 Å². The van der Waals surface area contributed by atoms with E-state index in [9.17, 15) is 0 Å². The van der Waals surface area contributed by atoms with Crippen LogP contribution < -0.4 is 5.32 Å². The van der Waals surface area contributed by atoms with Crippen molar-refractivity contribution in [1.29, 1.82) is 0 Å². The van der Waals surface area contributed by atoms with Crippen molar-refractivity contribution in [2.45, 2.75) is 58.9 Å². The zero-order valence-electron chi connectivity index (χ0n) is 11.7. The van der Waals surface area contributed by atoms with Gasteiger partial charge in [0.2, 0.25) is 0 Å². The molecule has 1 aliphatic carbocycles. The third-order valence-corrected chi connectivity index (χ3v) is 4.17. The Bertz CT molecular complexity index is 421. The Kier molecular flexibility index (Phi) is 4.39. The molecular formula is C16H23NS. The first kappa shape index (κ1) is 13.5. The fraction of sp³-hybridized carbons (Fsp3) is 0.562. The monoisotopic (exact) mass is 261 g/mol. The summed E-state index contributed by atoms with van der Waals surface area (Å²) in [6, 6.07) is 5.03. The Morgan fingerprint density at radius 1 is 1.06 bits per heavy atom. The van der Waals surface area contributed by atoms with E-state index < -0.39 is 0 Å². The van der Waals surface area contributed by atoms with Crippen molar-refractivity contribution in [3.63, 3.8) is 0 Å². The Morgan fingerprint density at radius 2 is 1.61 bits per heavy atom. The van der Waals surface area contributed by atoms with Crippen molar-refractivity contribution < 1.29 is 0 Å². The van der Waals surface area contributed by atoms with Crippen molar-refractivity contribution in [2.24, 2.45) is 0 Å². The molecule has 0 atom stereocenters. The van der Waals surface area contributed by atoms with Gasteiger partial charge in [0, 0.05) is 11.6 Å². The minimum Gasteiger partial charge on any atom is -0.373 e. The second-order valence-electron chi connectivity index (χ2n) is 5.58. The molecule has 1 nitrogen and oxygen atoms in total. The van der Waals surface area contributed by atoms with E-state index in [1.165, 1.54) is 54.4 Å². The highest BCUT2D eigenvalue weighted by atomic mass is 32.1. The number of hydrogen-bond acceptors (Lipinski definition) is 1. The Morgan fingerprint density at radius 3 is 2.17 bits per heavy atom. The summed E-state index contributed by atoms with van der Waals surface area (Å²) >= 11 is 5.61. The first-order valence-corrected chi connectivity index (χ1v) is 7.37. The fourth-order valence-electron chi connectivity index (χ4n) is 3.04. The van der Waals surface area contributed by atoms with Crippen molar-refractivity contribution in [2.75, 3.05) is 0 Å². The second kappa shape index (κ2) is 5.83. The van der Waals surface area contributed by atoms with Crippen LogP contribution in [0.2, 0.25) is 0 Å². The molecule has 0 amide bonds. The van der Waals surface area contributed by atoms with Crippen LogP contribution in [-0.2, 0) is 0 Å². The molecule has 1 N–H and O–H groups in total. The average molecular weight is 261 g/mol. The summed E-state index contributed by atoms with van der Waals surface area (Å²) in [5, 5.41) is 3.57. The summed E-state index contributed by atoms with van der Waals surface area (Å²) in [6.07, 6.45) is 6.60. The molecule has 0 spiro atoms. The predicted molar refractivity (Wildman–Crippen MR) is 82.4 cm³/mol. The fourth-order valence-corrected chi connectivity index (χ4v) is 3.53. The van der Waals surface area contributed by atoms with Crippen molar-refractivity contribution >= 4 is 17.2 Å². The molecule has 0 saturated heterocycles. The maximum absolute atomic E-state index is 5.61. The molecule has 98 valence electrons. The van der Waals surface area contributed by atoms with Crippen LogP contribution in [0, 0.1) is 20.8 Å². The van der Waals surface area contributed by atoms with Gasteiger partial charge in [-0.2, -0.15) is 0 Å². The molecule has 0 aromatic heterocycles. The van der Waals surface area contributed by atoms with Crippen LogP contribution in [-0.4, -0.2) is 11.0 Å². The van der Waals surface area contributed by atoms with Crippen LogP contribution in [0.5, 0.6) is 0 Å². The molecule has 2 heteroatoms. The van der Waals surface area contributed by atoms with Gasteiger partial charge in [0.05, 0.1) is 0 Å². The highest BCUT2D eigenvalue weighted by Crippen LogP contribution is 2.20. The van der Waals surface area contributed by atoms with Crippen molar-refractivity contribution in [1.82, 2.24) is 5.32 Å². The molecule has 0 radical (unpaired) electrons. The lowest BCUT2D eigenvalue weighted by atomic mass is 9.94. The normalized spacial score (nSPS) is 16.6. The van der Waals surface area contributed by atoms with Gasteiger partial charge in [-0.1, -0.05) is 49.2 Å². The molecule has 0 aliphatic heterocycles. The molecule has 0 heterocycles. The minimum atomic E-state index is 0.589. The Hall–Kier alpha value is -0.890. The van der Waals surface area contributed by atoms with Crippen molar-refractivity contribution in [3.8, 4) is 0 Å². The summed E-state index contributed by atoms with van der Waals surface area (Å²) in [5.74, 6) is 0. The molecular weight excluding hydrogens is 238 g/mol. The smallest absolute Gasteiger partial charge is 0.107 e. The van der Waals surface area contributed by atoms with E-state index >= 15 is 0 Å². The van der Waals surface area contributed by atoms with Crippen LogP contribution in [0.15, 0.2) is 12.1 Å². The molecule has 2 rings (SSSR count). The maximum atomic E-state index is 5.61. The number of rotatable bonds is 2. The Balaban J connectivity index is 2.13. The molecule has 1 aromatic carbocycles. The van der Waals surface area contributed by atoms with E-state index in [1.807, 2.05) is 0 Å². The van der Waals surface area contributed by atoms with Gasteiger partial charge in [-0.05, 0) is 44.7 Å². The number of hydrogen-bond donors (Lipinski definition) is 1. The highest BCUT2D eigenvalue weighted by molar-refractivity contribution is 7.80.